The number of hydrogen-bond acceptors (Lipinski definition) is 3. The number of hydrogen-bond donors (Lipinski definition) is 1. The van der Waals surface area contributed by atoms with E-state index in [1.165, 1.54) is 12.8 Å². The van der Waals surface area contributed by atoms with Crippen molar-refractivity contribution in [3.05, 3.63) is 23.8 Å². The molecule has 0 saturated carbocycles. The summed E-state index contributed by atoms with van der Waals surface area (Å²) in [5.74, 6) is 1.66. The second kappa shape index (κ2) is 7.38. The Hall–Kier alpha value is -0.960. The Bertz CT molecular complexity index is 323. The molecule has 1 rings (SSSR count). The number of rotatable bonds is 7. The van der Waals surface area contributed by atoms with Crippen LogP contribution in [0.1, 0.15) is 45.1 Å². The molecule has 0 spiro atoms. The molecule has 0 aromatic carbocycles. The third-order valence-electron chi connectivity index (χ3n) is 2.71. The Morgan fingerprint density at radius 2 is 2.12 bits per heavy atom. The van der Waals surface area contributed by atoms with Gasteiger partial charge < -0.3 is 5.32 Å². The minimum Gasteiger partial charge on any atom is -0.314 e. The van der Waals surface area contributed by atoms with E-state index in [2.05, 4.69) is 36.1 Å². The molecule has 0 bridgehead atoms. The zero-order valence-electron chi connectivity index (χ0n) is 11.5. The largest absolute Gasteiger partial charge is 0.314 e. The molecule has 1 heterocycles. The van der Waals surface area contributed by atoms with Crippen LogP contribution in [0.3, 0.4) is 0 Å². The topological polar surface area (TPSA) is 37.8 Å². The third kappa shape index (κ3) is 5.78. The molecule has 1 aromatic rings. The molecule has 96 valence electrons. The highest BCUT2D eigenvalue weighted by Gasteiger charge is 2.12. The summed E-state index contributed by atoms with van der Waals surface area (Å²) in [5, 5.41) is 3.59. The van der Waals surface area contributed by atoms with Gasteiger partial charge in [-0.2, -0.15) is 0 Å². The Morgan fingerprint density at radius 3 is 2.71 bits per heavy atom. The molecule has 3 nitrogen and oxygen atoms in total. The van der Waals surface area contributed by atoms with Gasteiger partial charge in [0.1, 0.15) is 5.82 Å². The van der Waals surface area contributed by atoms with Crippen molar-refractivity contribution in [2.45, 2.75) is 53.0 Å². The van der Waals surface area contributed by atoms with E-state index < -0.39 is 0 Å². The zero-order chi connectivity index (χ0) is 12.7. The van der Waals surface area contributed by atoms with Crippen LogP contribution in [-0.2, 0) is 6.42 Å². The summed E-state index contributed by atoms with van der Waals surface area (Å²) in [7, 11) is 0. The average Bonchev–Trinajstić information content (AvgIpc) is 2.25. The van der Waals surface area contributed by atoms with Crippen molar-refractivity contribution >= 4 is 0 Å². The molecule has 1 atom stereocenters. The second-order valence-electron chi connectivity index (χ2n) is 5.10. The zero-order valence-corrected chi connectivity index (χ0v) is 11.5. The van der Waals surface area contributed by atoms with Crippen molar-refractivity contribution in [3.63, 3.8) is 0 Å². The SMILES string of the molecule is CCCNC(Cc1nccc(C)n1)CC(C)C. The molecule has 3 heteroatoms. The Labute approximate surface area is 105 Å². The van der Waals surface area contributed by atoms with E-state index in [1.807, 2.05) is 19.2 Å². The maximum absolute atomic E-state index is 4.48. The first kappa shape index (κ1) is 14.1. The van der Waals surface area contributed by atoms with Gasteiger partial charge in [0.15, 0.2) is 0 Å². The van der Waals surface area contributed by atoms with E-state index in [1.54, 1.807) is 0 Å². The smallest absolute Gasteiger partial charge is 0.130 e. The van der Waals surface area contributed by atoms with E-state index in [-0.39, 0.29) is 0 Å². The van der Waals surface area contributed by atoms with Gasteiger partial charge in [0.2, 0.25) is 0 Å². The van der Waals surface area contributed by atoms with Crippen LogP contribution in [0.25, 0.3) is 0 Å². The summed E-state index contributed by atoms with van der Waals surface area (Å²) in [6, 6.07) is 2.44. The van der Waals surface area contributed by atoms with Crippen molar-refractivity contribution in [1.29, 1.82) is 0 Å². The summed E-state index contributed by atoms with van der Waals surface area (Å²) < 4.78 is 0. The lowest BCUT2D eigenvalue weighted by molar-refractivity contribution is 0.410. The fourth-order valence-electron chi connectivity index (χ4n) is 1.98. The first-order chi connectivity index (χ1) is 8.11. The molecule has 0 aliphatic rings. The van der Waals surface area contributed by atoms with Gasteiger partial charge in [-0.15, -0.1) is 0 Å². The van der Waals surface area contributed by atoms with Gasteiger partial charge in [-0.1, -0.05) is 20.8 Å². The number of nitrogens with one attached hydrogen (secondary N) is 1. The standard InChI is InChI=1S/C14H25N3/c1-5-7-15-13(9-11(2)3)10-14-16-8-6-12(4)17-14/h6,8,11,13,15H,5,7,9-10H2,1-4H3. The maximum Gasteiger partial charge on any atom is 0.130 e. The number of aromatic nitrogens is 2. The van der Waals surface area contributed by atoms with Crippen molar-refractivity contribution in [3.8, 4) is 0 Å². The van der Waals surface area contributed by atoms with Crippen LogP contribution in [0.4, 0.5) is 0 Å². The quantitative estimate of drug-likeness (QED) is 0.789. The normalized spacial score (nSPS) is 13.0. The van der Waals surface area contributed by atoms with Gasteiger partial charge >= 0.3 is 0 Å². The monoisotopic (exact) mass is 235 g/mol. The molecule has 0 saturated heterocycles. The minimum atomic E-state index is 0.497. The molecular formula is C14H25N3. The van der Waals surface area contributed by atoms with E-state index in [0.29, 0.717) is 12.0 Å². The molecule has 0 fully saturated rings. The highest BCUT2D eigenvalue weighted by molar-refractivity contribution is 5.01. The van der Waals surface area contributed by atoms with Crippen LogP contribution in [0, 0.1) is 12.8 Å². The van der Waals surface area contributed by atoms with Crippen LogP contribution in [0.15, 0.2) is 12.3 Å². The van der Waals surface area contributed by atoms with Crippen LogP contribution < -0.4 is 5.32 Å². The van der Waals surface area contributed by atoms with Gasteiger partial charge in [0.05, 0.1) is 0 Å². The predicted octanol–water partition coefficient (Wildman–Crippen LogP) is 2.74. The predicted molar refractivity (Wildman–Crippen MR) is 72.0 cm³/mol. The Balaban J connectivity index is 2.58. The lowest BCUT2D eigenvalue weighted by atomic mass is 10.0. The molecule has 1 aromatic heterocycles. The van der Waals surface area contributed by atoms with Gasteiger partial charge in [-0.3, -0.25) is 0 Å². The second-order valence-corrected chi connectivity index (χ2v) is 5.10. The summed E-state index contributed by atoms with van der Waals surface area (Å²) >= 11 is 0. The van der Waals surface area contributed by atoms with E-state index in [4.69, 9.17) is 0 Å². The van der Waals surface area contributed by atoms with Crippen molar-refractivity contribution in [2.75, 3.05) is 6.54 Å². The fraction of sp³-hybridized carbons (Fsp3) is 0.714. The molecule has 1 unspecified atom stereocenters. The third-order valence-corrected chi connectivity index (χ3v) is 2.71. The Kier molecular flexibility index (Phi) is 6.12. The van der Waals surface area contributed by atoms with Crippen LogP contribution >= 0.6 is 0 Å². The lowest BCUT2D eigenvalue weighted by Crippen LogP contribution is -2.33. The first-order valence-corrected chi connectivity index (χ1v) is 6.63. The van der Waals surface area contributed by atoms with Crippen molar-refractivity contribution in [1.82, 2.24) is 15.3 Å². The summed E-state index contributed by atoms with van der Waals surface area (Å²) in [6.07, 6.45) is 5.13. The molecule has 17 heavy (non-hydrogen) atoms. The van der Waals surface area contributed by atoms with Crippen LogP contribution in [-0.4, -0.2) is 22.6 Å². The molecule has 0 amide bonds. The van der Waals surface area contributed by atoms with Gasteiger partial charge in [-0.05, 0) is 38.3 Å². The van der Waals surface area contributed by atoms with Crippen molar-refractivity contribution in [2.24, 2.45) is 5.92 Å². The van der Waals surface area contributed by atoms with E-state index >= 15 is 0 Å². The molecule has 0 aliphatic carbocycles. The number of nitrogens with zero attached hydrogens (tertiary/aromatic N) is 2. The van der Waals surface area contributed by atoms with E-state index in [0.717, 1.165) is 24.5 Å². The highest BCUT2D eigenvalue weighted by Crippen LogP contribution is 2.09. The van der Waals surface area contributed by atoms with Crippen LogP contribution in [0.2, 0.25) is 0 Å². The molecular weight excluding hydrogens is 210 g/mol. The van der Waals surface area contributed by atoms with Gasteiger partial charge in [0.25, 0.3) is 0 Å². The summed E-state index contributed by atoms with van der Waals surface area (Å²) in [4.78, 5) is 8.82. The summed E-state index contributed by atoms with van der Waals surface area (Å²) in [6.45, 7) is 9.81. The fourth-order valence-corrected chi connectivity index (χ4v) is 1.98. The molecule has 0 aliphatic heterocycles. The average molecular weight is 235 g/mol. The Morgan fingerprint density at radius 1 is 1.35 bits per heavy atom. The van der Waals surface area contributed by atoms with Gasteiger partial charge in [-0.25, -0.2) is 9.97 Å². The summed E-state index contributed by atoms with van der Waals surface area (Å²) in [5.41, 5.74) is 1.05. The van der Waals surface area contributed by atoms with Crippen LogP contribution in [0.5, 0.6) is 0 Å². The first-order valence-electron chi connectivity index (χ1n) is 6.63. The number of aryl methyl sites for hydroxylation is 1. The molecule has 0 radical (unpaired) electrons. The van der Waals surface area contributed by atoms with E-state index in [9.17, 15) is 0 Å². The van der Waals surface area contributed by atoms with Crippen molar-refractivity contribution < 1.29 is 0 Å². The highest BCUT2D eigenvalue weighted by atomic mass is 14.9. The van der Waals surface area contributed by atoms with Gasteiger partial charge in [0, 0.05) is 24.4 Å². The molecule has 1 N–H and O–H groups in total. The maximum atomic E-state index is 4.48. The lowest BCUT2D eigenvalue weighted by Gasteiger charge is -2.19. The minimum absolute atomic E-state index is 0.497.